The van der Waals surface area contributed by atoms with Crippen LogP contribution in [-0.4, -0.2) is 14.8 Å². The number of aryl methyl sites for hydroxylation is 1. The molecule has 0 saturated heterocycles. The Morgan fingerprint density at radius 3 is 3.00 bits per heavy atom. The van der Waals surface area contributed by atoms with Gasteiger partial charge in [-0.25, -0.2) is 4.68 Å². The first-order valence-corrected chi connectivity index (χ1v) is 5.11. The van der Waals surface area contributed by atoms with Crippen LogP contribution in [0.2, 0.25) is 0 Å². The fraction of sp³-hybridized carbons (Fsp3) is 0.364. The maximum Gasteiger partial charge on any atom is 0.276 e. The number of aromatic nitrogens is 3. The Hall–Kier alpha value is -1.71. The third-order valence-electron chi connectivity index (χ3n) is 2.74. The third-order valence-corrected chi connectivity index (χ3v) is 2.74. The molecule has 1 saturated carbocycles. The Bertz CT molecular complexity index is 584. The van der Waals surface area contributed by atoms with E-state index in [0.29, 0.717) is 11.4 Å². The molecule has 0 radical (unpaired) electrons. The molecule has 0 unspecified atom stereocenters. The van der Waals surface area contributed by atoms with Gasteiger partial charge < -0.3 is 0 Å². The van der Waals surface area contributed by atoms with Gasteiger partial charge in [0.15, 0.2) is 0 Å². The summed E-state index contributed by atoms with van der Waals surface area (Å²) in [5.74, 6) is 0. The lowest BCUT2D eigenvalue weighted by atomic mass is 10.2. The van der Waals surface area contributed by atoms with E-state index in [1.807, 2.05) is 13.0 Å². The van der Waals surface area contributed by atoms with Crippen LogP contribution in [0.4, 0.5) is 0 Å². The molecule has 0 spiro atoms. The summed E-state index contributed by atoms with van der Waals surface area (Å²) in [7, 11) is 0. The molecule has 0 bridgehead atoms. The number of fused-ring (bicyclic) bond motifs is 1. The molecule has 2 aromatic rings. The van der Waals surface area contributed by atoms with Crippen LogP contribution in [0.1, 0.15) is 24.6 Å². The maximum absolute atomic E-state index is 12.0. The zero-order chi connectivity index (χ0) is 10.4. The first kappa shape index (κ1) is 8.59. The van der Waals surface area contributed by atoms with Crippen molar-refractivity contribution in [2.75, 3.05) is 0 Å². The number of hydrogen-bond acceptors (Lipinski definition) is 3. The smallest absolute Gasteiger partial charge is 0.267 e. The highest BCUT2D eigenvalue weighted by Crippen LogP contribution is 2.33. The summed E-state index contributed by atoms with van der Waals surface area (Å²) in [6.45, 7) is 1.90. The van der Waals surface area contributed by atoms with Gasteiger partial charge in [-0.2, -0.15) is 5.10 Å². The summed E-state index contributed by atoms with van der Waals surface area (Å²) >= 11 is 0. The van der Waals surface area contributed by atoms with Crippen molar-refractivity contribution in [1.29, 1.82) is 0 Å². The average Bonchev–Trinajstić information content (AvgIpc) is 3.07. The van der Waals surface area contributed by atoms with Gasteiger partial charge in [0, 0.05) is 6.20 Å². The zero-order valence-corrected chi connectivity index (χ0v) is 8.47. The van der Waals surface area contributed by atoms with Gasteiger partial charge >= 0.3 is 0 Å². The number of pyridine rings is 1. The van der Waals surface area contributed by atoms with E-state index in [1.54, 1.807) is 16.9 Å². The average molecular weight is 201 g/mol. The Kier molecular flexibility index (Phi) is 1.65. The van der Waals surface area contributed by atoms with E-state index in [1.165, 1.54) is 0 Å². The van der Waals surface area contributed by atoms with Crippen LogP contribution in [0.3, 0.4) is 0 Å². The zero-order valence-electron chi connectivity index (χ0n) is 8.47. The second-order valence-corrected chi connectivity index (χ2v) is 3.97. The molecule has 4 nitrogen and oxygen atoms in total. The molecule has 0 amide bonds. The standard InChI is InChI=1S/C11H11N3O/c1-7-10-9(3-2-6-12-10)11(15)14(13-7)8-4-5-8/h2-3,6,8H,4-5H2,1H3. The maximum atomic E-state index is 12.0. The Morgan fingerprint density at radius 1 is 1.47 bits per heavy atom. The highest BCUT2D eigenvalue weighted by atomic mass is 16.1. The number of rotatable bonds is 1. The molecule has 3 rings (SSSR count). The molecule has 15 heavy (non-hydrogen) atoms. The lowest BCUT2D eigenvalue weighted by Crippen LogP contribution is -2.23. The second-order valence-electron chi connectivity index (χ2n) is 3.97. The van der Waals surface area contributed by atoms with Crippen molar-refractivity contribution in [2.45, 2.75) is 25.8 Å². The van der Waals surface area contributed by atoms with Gasteiger partial charge in [-0.15, -0.1) is 0 Å². The first-order chi connectivity index (χ1) is 7.27. The Morgan fingerprint density at radius 2 is 2.27 bits per heavy atom. The molecule has 2 aromatic heterocycles. The quantitative estimate of drug-likeness (QED) is 0.701. The van der Waals surface area contributed by atoms with Crippen LogP contribution < -0.4 is 5.56 Å². The topological polar surface area (TPSA) is 47.8 Å². The highest BCUT2D eigenvalue weighted by Gasteiger charge is 2.26. The molecule has 76 valence electrons. The lowest BCUT2D eigenvalue weighted by Gasteiger charge is -2.05. The van der Waals surface area contributed by atoms with Gasteiger partial charge in [0.1, 0.15) is 0 Å². The molecule has 0 atom stereocenters. The summed E-state index contributed by atoms with van der Waals surface area (Å²) < 4.78 is 1.61. The predicted octanol–water partition coefficient (Wildman–Crippen LogP) is 1.43. The molecule has 0 N–H and O–H groups in total. The fourth-order valence-corrected chi connectivity index (χ4v) is 1.81. The van der Waals surface area contributed by atoms with Crippen LogP contribution in [0, 0.1) is 6.92 Å². The minimum Gasteiger partial charge on any atom is -0.267 e. The summed E-state index contributed by atoms with van der Waals surface area (Å²) in [5, 5.41) is 4.98. The highest BCUT2D eigenvalue weighted by molar-refractivity contribution is 5.78. The van der Waals surface area contributed by atoms with Crippen LogP contribution in [0.25, 0.3) is 10.9 Å². The van der Waals surface area contributed by atoms with Gasteiger partial charge in [-0.3, -0.25) is 9.78 Å². The molecular formula is C11H11N3O. The predicted molar refractivity (Wildman–Crippen MR) is 56.8 cm³/mol. The third kappa shape index (κ3) is 1.25. The summed E-state index contributed by atoms with van der Waals surface area (Å²) in [4.78, 5) is 16.2. The van der Waals surface area contributed by atoms with E-state index in [9.17, 15) is 4.79 Å². The Labute approximate surface area is 86.6 Å². The molecule has 1 fully saturated rings. The molecule has 0 aliphatic heterocycles. The van der Waals surface area contributed by atoms with Gasteiger partial charge in [-0.1, -0.05) is 0 Å². The second kappa shape index (κ2) is 2.89. The van der Waals surface area contributed by atoms with Crippen molar-refractivity contribution in [1.82, 2.24) is 14.8 Å². The molecule has 4 heteroatoms. The monoisotopic (exact) mass is 201 g/mol. The molecule has 1 aliphatic rings. The van der Waals surface area contributed by atoms with Crippen molar-refractivity contribution in [2.24, 2.45) is 0 Å². The van der Waals surface area contributed by atoms with Crippen molar-refractivity contribution in [3.05, 3.63) is 34.4 Å². The number of nitrogens with zero attached hydrogens (tertiary/aromatic N) is 3. The van der Waals surface area contributed by atoms with E-state index in [2.05, 4.69) is 10.1 Å². The van der Waals surface area contributed by atoms with Crippen molar-refractivity contribution < 1.29 is 0 Å². The fourth-order valence-electron chi connectivity index (χ4n) is 1.81. The largest absolute Gasteiger partial charge is 0.276 e. The molecule has 0 aromatic carbocycles. The number of hydrogen-bond donors (Lipinski definition) is 0. The summed E-state index contributed by atoms with van der Waals surface area (Å²) in [6, 6.07) is 3.93. The molecule has 1 aliphatic carbocycles. The van der Waals surface area contributed by atoms with Gasteiger partial charge in [-0.05, 0) is 31.9 Å². The minimum absolute atomic E-state index is 0.00815. The minimum atomic E-state index is -0.00815. The van der Waals surface area contributed by atoms with Crippen LogP contribution >= 0.6 is 0 Å². The van der Waals surface area contributed by atoms with Crippen molar-refractivity contribution in [3.63, 3.8) is 0 Å². The van der Waals surface area contributed by atoms with E-state index in [4.69, 9.17) is 0 Å². The van der Waals surface area contributed by atoms with Crippen molar-refractivity contribution in [3.8, 4) is 0 Å². The lowest BCUT2D eigenvalue weighted by molar-refractivity contribution is 0.597. The van der Waals surface area contributed by atoms with Crippen molar-refractivity contribution >= 4 is 10.9 Å². The van der Waals surface area contributed by atoms with Gasteiger partial charge in [0.2, 0.25) is 0 Å². The molecule has 2 heterocycles. The van der Waals surface area contributed by atoms with E-state index < -0.39 is 0 Å². The van der Waals surface area contributed by atoms with E-state index in [0.717, 1.165) is 24.1 Å². The van der Waals surface area contributed by atoms with Gasteiger partial charge in [0.25, 0.3) is 5.56 Å². The summed E-state index contributed by atoms with van der Waals surface area (Å²) in [5.41, 5.74) is 1.54. The van der Waals surface area contributed by atoms with Crippen LogP contribution in [0.15, 0.2) is 23.1 Å². The first-order valence-electron chi connectivity index (χ1n) is 5.11. The van der Waals surface area contributed by atoms with Gasteiger partial charge in [0.05, 0.1) is 22.6 Å². The van der Waals surface area contributed by atoms with Crippen LogP contribution in [0.5, 0.6) is 0 Å². The van der Waals surface area contributed by atoms with E-state index >= 15 is 0 Å². The summed E-state index contributed by atoms with van der Waals surface area (Å²) in [6.07, 6.45) is 3.83. The Balaban J connectivity index is 2.41. The van der Waals surface area contributed by atoms with E-state index in [-0.39, 0.29) is 5.56 Å². The molecular weight excluding hydrogens is 190 g/mol. The normalized spacial score (nSPS) is 15.8. The SMILES string of the molecule is Cc1nn(C2CC2)c(=O)c2cccnc12. The van der Waals surface area contributed by atoms with Crippen LogP contribution in [-0.2, 0) is 0 Å².